The van der Waals surface area contributed by atoms with E-state index in [9.17, 15) is 8.42 Å². The molecule has 1 unspecified atom stereocenters. The van der Waals surface area contributed by atoms with Crippen molar-refractivity contribution in [1.29, 1.82) is 0 Å². The lowest BCUT2D eigenvalue weighted by Crippen LogP contribution is -2.17. The molecule has 1 aromatic heterocycles. The van der Waals surface area contributed by atoms with E-state index in [-0.39, 0.29) is 10.6 Å². The summed E-state index contributed by atoms with van der Waals surface area (Å²) < 4.78 is 42.3. The van der Waals surface area contributed by atoms with Crippen molar-refractivity contribution in [1.82, 2.24) is 9.97 Å². The highest BCUT2D eigenvalue weighted by Crippen LogP contribution is 2.41. The Kier molecular flexibility index (Phi) is 8.23. The highest BCUT2D eigenvalue weighted by atomic mass is 79.9. The Morgan fingerprint density at radius 3 is 2.38 bits per heavy atom. The molecule has 3 N–H and O–H groups in total. The number of nitrogens with two attached hydrogens (primary N) is 1. The number of nitrogens with zero attached hydrogens (tertiary/aromatic N) is 1. The van der Waals surface area contributed by atoms with Crippen LogP contribution in [-0.2, 0) is 14.8 Å². The number of benzene rings is 3. The van der Waals surface area contributed by atoms with Gasteiger partial charge in [0.2, 0.25) is 10.0 Å². The van der Waals surface area contributed by atoms with Gasteiger partial charge in [0.25, 0.3) is 0 Å². The van der Waals surface area contributed by atoms with Crippen LogP contribution in [0.5, 0.6) is 11.5 Å². The average molecular weight is 589 g/mol. The van der Waals surface area contributed by atoms with Crippen molar-refractivity contribution in [3.05, 3.63) is 70.2 Å². The normalized spacial score (nSPS) is 12.7. The first kappa shape index (κ1) is 27.1. The summed E-state index contributed by atoms with van der Waals surface area (Å²) in [5.41, 5.74) is 4.34. The maximum atomic E-state index is 12.2. The van der Waals surface area contributed by atoms with Crippen LogP contribution in [0, 0.1) is 0 Å². The molecule has 196 valence electrons. The van der Waals surface area contributed by atoms with E-state index in [1.807, 2.05) is 18.2 Å². The third-order valence-corrected chi connectivity index (χ3v) is 7.91. The SMILES string of the molecule is COCCC(Oc1ccccc1S(N)(=O)=O)c1cc(OC)c2[nH]c(-c3ccc(C(C)C)cc3)nc2c1Br. The zero-order valence-corrected chi connectivity index (χ0v) is 23.5. The van der Waals surface area contributed by atoms with Gasteiger partial charge in [-0.05, 0) is 45.6 Å². The van der Waals surface area contributed by atoms with Crippen LogP contribution in [0.3, 0.4) is 0 Å². The van der Waals surface area contributed by atoms with Crippen LogP contribution in [0.2, 0.25) is 0 Å². The van der Waals surface area contributed by atoms with Crippen LogP contribution in [0.25, 0.3) is 22.4 Å². The first-order chi connectivity index (χ1) is 17.6. The minimum atomic E-state index is -3.99. The number of imidazole rings is 1. The molecule has 4 rings (SSSR count). The van der Waals surface area contributed by atoms with Crippen molar-refractivity contribution < 1.29 is 22.6 Å². The van der Waals surface area contributed by atoms with E-state index in [4.69, 9.17) is 24.3 Å². The number of para-hydroxylation sites is 1. The second kappa shape index (κ2) is 11.2. The molecule has 3 aromatic carbocycles. The molecule has 0 spiro atoms. The van der Waals surface area contributed by atoms with Gasteiger partial charge in [0, 0.05) is 24.7 Å². The maximum absolute atomic E-state index is 12.2. The van der Waals surface area contributed by atoms with Crippen LogP contribution in [0.4, 0.5) is 0 Å². The van der Waals surface area contributed by atoms with Gasteiger partial charge in [-0.2, -0.15) is 0 Å². The molecular formula is C27H30BrN3O5S. The Hall–Kier alpha value is -2.92. The highest BCUT2D eigenvalue weighted by Gasteiger charge is 2.25. The molecule has 37 heavy (non-hydrogen) atoms. The Bertz CT molecular complexity index is 1500. The molecule has 1 atom stereocenters. The number of hydrogen-bond donors (Lipinski definition) is 2. The molecule has 0 saturated heterocycles. The topological polar surface area (TPSA) is 117 Å². The number of nitrogens with one attached hydrogen (secondary N) is 1. The van der Waals surface area contributed by atoms with Crippen LogP contribution < -0.4 is 14.6 Å². The van der Waals surface area contributed by atoms with E-state index in [1.54, 1.807) is 32.4 Å². The second-order valence-electron chi connectivity index (χ2n) is 8.95. The zero-order valence-electron chi connectivity index (χ0n) is 21.1. The Morgan fingerprint density at radius 2 is 1.76 bits per heavy atom. The summed E-state index contributed by atoms with van der Waals surface area (Å²) in [5.74, 6) is 1.88. The van der Waals surface area contributed by atoms with E-state index in [0.717, 1.165) is 16.6 Å². The van der Waals surface area contributed by atoms with E-state index >= 15 is 0 Å². The molecule has 0 radical (unpaired) electrons. The van der Waals surface area contributed by atoms with E-state index < -0.39 is 16.1 Å². The summed E-state index contributed by atoms with van der Waals surface area (Å²) in [6.07, 6.45) is -0.141. The minimum Gasteiger partial charge on any atom is -0.494 e. The summed E-state index contributed by atoms with van der Waals surface area (Å²) in [5, 5.41) is 5.43. The standard InChI is InChI=1S/C27H30BrN3O5S/c1-16(2)17-9-11-18(12-10-17)27-30-25-22(35-4)15-19(24(28)26(25)31-27)20(13-14-34-3)36-21-7-5-6-8-23(21)37(29,32)33/h5-12,15-16,20H,13-14H2,1-4H3,(H,30,31)(H2,29,32,33). The predicted molar refractivity (Wildman–Crippen MR) is 148 cm³/mol. The van der Waals surface area contributed by atoms with Crippen molar-refractivity contribution in [2.45, 2.75) is 37.2 Å². The maximum Gasteiger partial charge on any atom is 0.241 e. The molecule has 8 nitrogen and oxygen atoms in total. The molecule has 0 saturated carbocycles. The fourth-order valence-electron chi connectivity index (χ4n) is 4.12. The smallest absolute Gasteiger partial charge is 0.241 e. The van der Waals surface area contributed by atoms with Crippen molar-refractivity contribution in [3.63, 3.8) is 0 Å². The highest BCUT2D eigenvalue weighted by molar-refractivity contribution is 9.10. The largest absolute Gasteiger partial charge is 0.494 e. The summed E-state index contributed by atoms with van der Waals surface area (Å²) in [6, 6.07) is 16.4. The van der Waals surface area contributed by atoms with Gasteiger partial charge in [0.1, 0.15) is 39.4 Å². The third kappa shape index (κ3) is 5.82. The zero-order chi connectivity index (χ0) is 26.7. The van der Waals surface area contributed by atoms with Crippen molar-refractivity contribution in [2.75, 3.05) is 20.8 Å². The summed E-state index contributed by atoms with van der Waals surface area (Å²) in [7, 11) is -0.800. The molecule has 0 aliphatic rings. The Labute approximate surface area is 225 Å². The molecule has 10 heteroatoms. The summed E-state index contributed by atoms with van der Waals surface area (Å²) in [4.78, 5) is 8.16. The number of methoxy groups -OCH3 is 2. The molecule has 0 aliphatic heterocycles. The van der Waals surface area contributed by atoms with Crippen LogP contribution >= 0.6 is 15.9 Å². The van der Waals surface area contributed by atoms with Gasteiger partial charge in [-0.3, -0.25) is 0 Å². The monoisotopic (exact) mass is 587 g/mol. The first-order valence-corrected chi connectivity index (χ1v) is 14.1. The molecule has 0 aliphatic carbocycles. The number of hydrogen-bond acceptors (Lipinski definition) is 6. The van der Waals surface area contributed by atoms with Gasteiger partial charge in [-0.25, -0.2) is 18.5 Å². The van der Waals surface area contributed by atoms with E-state index in [2.05, 4.69) is 46.9 Å². The Balaban J connectivity index is 1.81. The van der Waals surface area contributed by atoms with Gasteiger partial charge in [-0.15, -0.1) is 0 Å². The lowest BCUT2D eigenvalue weighted by Gasteiger charge is -2.22. The van der Waals surface area contributed by atoms with Crippen molar-refractivity contribution in [3.8, 4) is 22.9 Å². The summed E-state index contributed by atoms with van der Waals surface area (Å²) in [6.45, 7) is 4.69. The van der Waals surface area contributed by atoms with Crippen LogP contribution in [0.1, 0.15) is 43.4 Å². The van der Waals surface area contributed by atoms with Gasteiger partial charge in [-0.1, -0.05) is 50.2 Å². The fraction of sp³-hybridized carbons (Fsp3) is 0.296. The van der Waals surface area contributed by atoms with Crippen LogP contribution in [0.15, 0.2) is 64.0 Å². The molecule has 0 amide bonds. The molecule has 4 aromatic rings. The number of primary sulfonamides is 1. The van der Waals surface area contributed by atoms with E-state index in [1.165, 1.54) is 11.6 Å². The first-order valence-electron chi connectivity index (χ1n) is 11.8. The molecular weight excluding hydrogens is 558 g/mol. The van der Waals surface area contributed by atoms with Crippen molar-refractivity contribution >= 4 is 37.0 Å². The van der Waals surface area contributed by atoms with Gasteiger partial charge >= 0.3 is 0 Å². The number of fused-ring (bicyclic) bond motifs is 1. The van der Waals surface area contributed by atoms with Gasteiger partial charge in [0.05, 0.1) is 18.2 Å². The van der Waals surface area contributed by atoms with E-state index in [0.29, 0.717) is 40.5 Å². The number of aromatic nitrogens is 2. The number of ether oxygens (including phenoxy) is 3. The molecule has 0 fully saturated rings. The fourth-order valence-corrected chi connectivity index (χ4v) is 5.44. The number of rotatable bonds is 10. The van der Waals surface area contributed by atoms with Gasteiger partial charge in [0.15, 0.2) is 0 Å². The predicted octanol–water partition coefficient (Wildman–Crippen LogP) is 5.93. The minimum absolute atomic E-state index is 0.0894. The summed E-state index contributed by atoms with van der Waals surface area (Å²) >= 11 is 3.72. The van der Waals surface area contributed by atoms with Crippen LogP contribution in [-0.4, -0.2) is 39.2 Å². The Morgan fingerprint density at radius 1 is 1.05 bits per heavy atom. The lowest BCUT2D eigenvalue weighted by atomic mass is 10.0. The quantitative estimate of drug-likeness (QED) is 0.237. The van der Waals surface area contributed by atoms with Crippen molar-refractivity contribution in [2.24, 2.45) is 5.14 Å². The lowest BCUT2D eigenvalue weighted by molar-refractivity contribution is 0.123. The number of halogens is 1. The van der Waals surface area contributed by atoms with Gasteiger partial charge < -0.3 is 19.2 Å². The second-order valence-corrected chi connectivity index (χ2v) is 11.3. The third-order valence-electron chi connectivity index (χ3n) is 6.12. The average Bonchev–Trinajstić information content (AvgIpc) is 3.33. The number of H-pyrrole nitrogens is 1. The molecule has 1 heterocycles. The number of sulfonamides is 1. The molecule has 0 bridgehead atoms. The number of aromatic amines is 1.